The average Bonchev–Trinajstić information content (AvgIpc) is 2.08. The first-order valence-corrected chi connectivity index (χ1v) is 4.42. The molecule has 70 valence electrons. The zero-order valence-corrected chi connectivity index (χ0v) is 7.59. The molecule has 0 aromatic carbocycles. The minimum Gasteiger partial charge on any atom is -0.333 e. The van der Waals surface area contributed by atoms with Crippen LogP contribution in [0.4, 0.5) is 4.79 Å². The maximum absolute atomic E-state index is 11.0. The number of urea groups is 1. The zero-order chi connectivity index (χ0) is 8.97. The van der Waals surface area contributed by atoms with Crippen LogP contribution >= 0.6 is 0 Å². The van der Waals surface area contributed by atoms with E-state index in [4.69, 9.17) is 4.84 Å². The average molecular weight is 172 g/mol. The molecule has 1 fully saturated rings. The summed E-state index contributed by atoms with van der Waals surface area (Å²) in [4.78, 5) is 15.7. The highest BCUT2D eigenvalue weighted by atomic mass is 16.7. The fourth-order valence-electron chi connectivity index (χ4n) is 1.22. The molecule has 0 heterocycles. The minimum atomic E-state index is -0.228. The van der Waals surface area contributed by atoms with Crippen LogP contribution in [0, 0.1) is 5.92 Å². The van der Waals surface area contributed by atoms with Crippen LogP contribution in [0.1, 0.15) is 26.7 Å². The summed E-state index contributed by atoms with van der Waals surface area (Å²) in [6.07, 6.45) is 2.29. The molecule has 0 bridgehead atoms. The molecule has 0 aliphatic heterocycles. The lowest BCUT2D eigenvalue weighted by atomic mass is 9.81. The number of nitrogens with one attached hydrogen (secondary N) is 2. The Morgan fingerprint density at radius 3 is 2.75 bits per heavy atom. The van der Waals surface area contributed by atoms with Crippen LogP contribution < -0.4 is 10.8 Å². The van der Waals surface area contributed by atoms with E-state index in [2.05, 4.69) is 17.7 Å². The van der Waals surface area contributed by atoms with E-state index < -0.39 is 0 Å². The van der Waals surface area contributed by atoms with Crippen molar-refractivity contribution in [3.8, 4) is 0 Å². The van der Waals surface area contributed by atoms with E-state index in [1.807, 2.05) is 6.92 Å². The fourth-order valence-corrected chi connectivity index (χ4v) is 1.22. The fraction of sp³-hybridized carbons (Fsp3) is 0.875. The number of hydrogen-bond donors (Lipinski definition) is 2. The van der Waals surface area contributed by atoms with Crippen molar-refractivity contribution in [3.63, 3.8) is 0 Å². The van der Waals surface area contributed by atoms with Crippen LogP contribution in [-0.2, 0) is 4.84 Å². The van der Waals surface area contributed by atoms with Gasteiger partial charge in [-0.15, -0.1) is 0 Å². The molecule has 0 spiro atoms. The highest BCUT2D eigenvalue weighted by molar-refractivity contribution is 5.73. The largest absolute Gasteiger partial charge is 0.338 e. The maximum Gasteiger partial charge on any atom is 0.338 e. The van der Waals surface area contributed by atoms with Gasteiger partial charge in [0.15, 0.2) is 0 Å². The van der Waals surface area contributed by atoms with Gasteiger partial charge in [-0.2, -0.15) is 0 Å². The Labute approximate surface area is 72.6 Å². The molecule has 4 nitrogen and oxygen atoms in total. The Kier molecular flexibility index (Phi) is 3.34. The zero-order valence-electron chi connectivity index (χ0n) is 7.59. The molecule has 0 aromatic rings. The summed E-state index contributed by atoms with van der Waals surface area (Å²) in [7, 11) is 0. The van der Waals surface area contributed by atoms with Crippen LogP contribution in [0.3, 0.4) is 0 Å². The highest BCUT2D eigenvalue weighted by Gasteiger charge is 2.27. The van der Waals surface area contributed by atoms with Crippen molar-refractivity contribution in [2.75, 3.05) is 6.61 Å². The predicted octanol–water partition coefficient (Wildman–Crippen LogP) is 1.04. The van der Waals surface area contributed by atoms with Gasteiger partial charge in [-0.25, -0.2) is 10.3 Å². The molecule has 0 aromatic heterocycles. The smallest absolute Gasteiger partial charge is 0.333 e. The number of amides is 2. The van der Waals surface area contributed by atoms with Crippen molar-refractivity contribution in [2.45, 2.75) is 32.7 Å². The van der Waals surface area contributed by atoms with Crippen LogP contribution in [0.5, 0.6) is 0 Å². The summed E-state index contributed by atoms with van der Waals surface area (Å²) in [5.41, 5.74) is 2.30. The van der Waals surface area contributed by atoms with Gasteiger partial charge in [-0.3, -0.25) is 4.84 Å². The number of hydroxylamine groups is 1. The standard InChI is InChI=1S/C8H16N2O2/c1-3-12-10-8(11)9-7-5-4-6(7)2/h6-7H,3-5H2,1-2H3,(H2,9,10,11). The summed E-state index contributed by atoms with van der Waals surface area (Å²) >= 11 is 0. The molecule has 2 unspecified atom stereocenters. The van der Waals surface area contributed by atoms with Crippen LogP contribution in [0.15, 0.2) is 0 Å². The Hall–Kier alpha value is -0.770. The molecule has 0 saturated heterocycles. The van der Waals surface area contributed by atoms with Crippen molar-refractivity contribution in [1.82, 2.24) is 10.8 Å². The van der Waals surface area contributed by atoms with Crippen LogP contribution in [0.2, 0.25) is 0 Å². The van der Waals surface area contributed by atoms with Gasteiger partial charge in [0.2, 0.25) is 0 Å². The van der Waals surface area contributed by atoms with Gasteiger partial charge < -0.3 is 5.32 Å². The van der Waals surface area contributed by atoms with Gasteiger partial charge in [0.1, 0.15) is 0 Å². The monoisotopic (exact) mass is 172 g/mol. The van der Waals surface area contributed by atoms with Gasteiger partial charge in [0.25, 0.3) is 0 Å². The normalized spacial score (nSPS) is 27.5. The Morgan fingerprint density at radius 1 is 1.58 bits per heavy atom. The molecule has 4 heteroatoms. The topological polar surface area (TPSA) is 50.4 Å². The molecule has 2 amide bonds. The molecular formula is C8H16N2O2. The highest BCUT2D eigenvalue weighted by Crippen LogP contribution is 2.25. The summed E-state index contributed by atoms with van der Waals surface area (Å²) < 4.78 is 0. The Balaban J connectivity index is 2.09. The van der Waals surface area contributed by atoms with E-state index in [1.54, 1.807) is 0 Å². The van der Waals surface area contributed by atoms with Crippen LogP contribution in [-0.4, -0.2) is 18.7 Å². The second-order valence-corrected chi connectivity index (χ2v) is 3.17. The van der Waals surface area contributed by atoms with Crippen LogP contribution in [0.25, 0.3) is 0 Å². The molecule has 0 radical (unpaired) electrons. The van der Waals surface area contributed by atoms with Crippen molar-refractivity contribution in [2.24, 2.45) is 5.92 Å². The van der Waals surface area contributed by atoms with Crippen molar-refractivity contribution < 1.29 is 9.63 Å². The first-order valence-electron chi connectivity index (χ1n) is 4.42. The number of rotatable bonds is 3. The van der Waals surface area contributed by atoms with Gasteiger partial charge in [0, 0.05) is 6.04 Å². The van der Waals surface area contributed by atoms with Crippen molar-refractivity contribution in [1.29, 1.82) is 0 Å². The number of carbonyl (C=O) groups is 1. The minimum absolute atomic E-state index is 0.228. The second kappa shape index (κ2) is 4.30. The van der Waals surface area contributed by atoms with E-state index in [1.165, 1.54) is 6.42 Å². The van der Waals surface area contributed by atoms with Gasteiger partial charge in [-0.1, -0.05) is 6.92 Å². The number of hydrogen-bond acceptors (Lipinski definition) is 2. The lowest BCUT2D eigenvalue weighted by Crippen LogP contribution is -2.49. The Morgan fingerprint density at radius 2 is 2.33 bits per heavy atom. The first-order chi connectivity index (χ1) is 5.74. The van der Waals surface area contributed by atoms with Crippen molar-refractivity contribution >= 4 is 6.03 Å². The Bertz CT molecular complexity index is 161. The van der Waals surface area contributed by atoms with E-state index >= 15 is 0 Å². The third-order valence-electron chi connectivity index (χ3n) is 2.25. The molecule has 2 N–H and O–H groups in total. The molecule has 2 atom stereocenters. The molecule has 12 heavy (non-hydrogen) atoms. The van der Waals surface area contributed by atoms with Gasteiger partial charge in [-0.05, 0) is 25.7 Å². The van der Waals surface area contributed by atoms with E-state index in [-0.39, 0.29) is 6.03 Å². The molecule has 1 aliphatic carbocycles. The quantitative estimate of drug-likeness (QED) is 0.625. The molecular weight excluding hydrogens is 156 g/mol. The predicted molar refractivity (Wildman–Crippen MR) is 45.5 cm³/mol. The number of carbonyl (C=O) groups excluding carboxylic acids is 1. The summed E-state index contributed by atoms with van der Waals surface area (Å²) in [5, 5.41) is 2.83. The lowest BCUT2D eigenvalue weighted by Gasteiger charge is -2.34. The summed E-state index contributed by atoms with van der Waals surface area (Å²) in [6, 6.07) is 0.110. The van der Waals surface area contributed by atoms with Gasteiger partial charge >= 0.3 is 6.03 Å². The SMILES string of the molecule is CCONC(=O)NC1CCC1C. The van der Waals surface area contributed by atoms with Gasteiger partial charge in [0.05, 0.1) is 6.61 Å². The third kappa shape index (κ3) is 2.37. The van der Waals surface area contributed by atoms with E-state index in [0.29, 0.717) is 18.6 Å². The lowest BCUT2D eigenvalue weighted by molar-refractivity contribution is 0.0661. The summed E-state index contributed by atoms with van der Waals surface area (Å²) in [6.45, 7) is 4.45. The molecule has 1 aliphatic rings. The molecule has 1 rings (SSSR count). The summed E-state index contributed by atoms with van der Waals surface area (Å²) in [5.74, 6) is 0.609. The molecule has 1 saturated carbocycles. The first kappa shape index (κ1) is 9.32. The van der Waals surface area contributed by atoms with E-state index in [0.717, 1.165) is 6.42 Å². The third-order valence-corrected chi connectivity index (χ3v) is 2.25. The van der Waals surface area contributed by atoms with Crippen molar-refractivity contribution in [3.05, 3.63) is 0 Å². The maximum atomic E-state index is 11.0. The van der Waals surface area contributed by atoms with E-state index in [9.17, 15) is 4.79 Å². The second-order valence-electron chi connectivity index (χ2n) is 3.17.